The molecule has 190 valence electrons. The van der Waals surface area contributed by atoms with Crippen LogP contribution in [0.3, 0.4) is 0 Å². The molecule has 1 aliphatic carbocycles. The van der Waals surface area contributed by atoms with Gasteiger partial charge in [-0.3, -0.25) is 14.4 Å². The van der Waals surface area contributed by atoms with Crippen LogP contribution in [0, 0.1) is 11.8 Å². The number of halogens is 1. The maximum atomic E-state index is 13.8. The van der Waals surface area contributed by atoms with Crippen LogP contribution in [0.2, 0.25) is 0 Å². The number of hydrogen-bond donors (Lipinski definition) is 3. The van der Waals surface area contributed by atoms with Crippen molar-refractivity contribution in [1.82, 2.24) is 15.5 Å². The van der Waals surface area contributed by atoms with Gasteiger partial charge in [0.05, 0.1) is 30.6 Å². The van der Waals surface area contributed by atoms with Gasteiger partial charge in [0.1, 0.15) is 11.6 Å². The summed E-state index contributed by atoms with van der Waals surface area (Å²) in [6, 6.07) is 8.26. The summed E-state index contributed by atoms with van der Waals surface area (Å²) >= 11 is 3.68. The van der Waals surface area contributed by atoms with Gasteiger partial charge < -0.3 is 25.4 Å². The fourth-order valence-electron chi connectivity index (χ4n) is 6.66. The molecule has 1 saturated carbocycles. The molecule has 4 aliphatic rings. The summed E-state index contributed by atoms with van der Waals surface area (Å²) in [6.45, 7) is 1.82. The van der Waals surface area contributed by atoms with Crippen molar-refractivity contribution in [2.24, 2.45) is 11.8 Å². The number of nitrogens with one attached hydrogen (secondary N) is 2. The molecule has 9 heteroatoms. The van der Waals surface area contributed by atoms with Crippen LogP contribution in [0.25, 0.3) is 0 Å². The summed E-state index contributed by atoms with van der Waals surface area (Å²) < 4.78 is 6.49. The van der Waals surface area contributed by atoms with Crippen molar-refractivity contribution in [3.05, 3.63) is 35.9 Å². The van der Waals surface area contributed by atoms with Crippen LogP contribution in [0.1, 0.15) is 51.0 Å². The number of aliphatic hydroxyl groups is 1. The smallest absolute Gasteiger partial charge is 0.246 e. The van der Waals surface area contributed by atoms with Crippen LogP contribution >= 0.6 is 15.9 Å². The number of alkyl halides is 1. The molecule has 3 heterocycles. The van der Waals surface area contributed by atoms with E-state index in [1.165, 1.54) is 11.3 Å². The van der Waals surface area contributed by atoms with E-state index in [9.17, 15) is 19.5 Å². The average Bonchev–Trinajstić information content (AvgIpc) is 3.46. The van der Waals surface area contributed by atoms with E-state index in [0.717, 1.165) is 31.2 Å². The maximum Gasteiger partial charge on any atom is 0.246 e. The molecule has 4 fully saturated rings. The highest BCUT2D eigenvalue weighted by Gasteiger charge is 2.76. The lowest BCUT2D eigenvalue weighted by molar-refractivity contribution is -0.145. The summed E-state index contributed by atoms with van der Waals surface area (Å²) in [7, 11) is 0. The van der Waals surface area contributed by atoms with Crippen LogP contribution in [-0.4, -0.2) is 69.0 Å². The first-order chi connectivity index (χ1) is 16.9. The van der Waals surface area contributed by atoms with E-state index >= 15 is 0 Å². The second-order valence-electron chi connectivity index (χ2n) is 10.5. The quantitative estimate of drug-likeness (QED) is 0.452. The van der Waals surface area contributed by atoms with Gasteiger partial charge in [-0.25, -0.2) is 0 Å². The predicted molar refractivity (Wildman–Crippen MR) is 132 cm³/mol. The van der Waals surface area contributed by atoms with Gasteiger partial charge in [-0.1, -0.05) is 65.5 Å². The van der Waals surface area contributed by atoms with Gasteiger partial charge in [0.25, 0.3) is 0 Å². The van der Waals surface area contributed by atoms with E-state index < -0.39 is 35.6 Å². The molecule has 35 heavy (non-hydrogen) atoms. The van der Waals surface area contributed by atoms with Crippen molar-refractivity contribution in [3.8, 4) is 0 Å². The molecule has 3 amide bonds. The highest BCUT2D eigenvalue weighted by atomic mass is 79.9. The first-order valence-electron chi connectivity index (χ1n) is 12.7. The molecule has 7 atom stereocenters. The predicted octanol–water partition coefficient (Wildman–Crippen LogP) is 1.88. The van der Waals surface area contributed by atoms with E-state index in [4.69, 9.17) is 4.74 Å². The summed E-state index contributed by atoms with van der Waals surface area (Å²) in [4.78, 5) is 42.3. The minimum Gasteiger partial charge on any atom is -0.394 e. The molecule has 0 aromatic heterocycles. The van der Waals surface area contributed by atoms with E-state index in [1.807, 2.05) is 30.3 Å². The summed E-state index contributed by atoms with van der Waals surface area (Å²) in [5.41, 5.74) is -0.125. The number of amides is 3. The second-order valence-corrected chi connectivity index (χ2v) is 11.7. The van der Waals surface area contributed by atoms with Gasteiger partial charge in [-0.05, 0) is 31.7 Å². The fourth-order valence-corrected chi connectivity index (χ4v) is 7.60. The Hall–Kier alpha value is -1.97. The Morgan fingerprint density at radius 1 is 1.20 bits per heavy atom. The molecule has 1 aromatic rings. The molecule has 8 nitrogen and oxygen atoms in total. The molecular formula is C26H34BrN3O5. The minimum atomic E-state index is -1.09. The van der Waals surface area contributed by atoms with Crippen LogP contribution in [0.15, 0.2) is 30.3 Å². The molecular weight excluding hydrogens is 514 g/mol. The van der Waals surface area contributed by atoms with Crippen LogP contribution < -0.4 is 10.6 Å². The number of rotatable bonds is 7. The Bertz CT molecular complexity index is 971. The number of likely N-dealkylation sites (tertiary alicyclic amines) is 1. The molecule has 3 N–H and O–H groups in total. The minimum absolute atomic E-state index is 0.0800. The number of aliphatic hydroxyl groups excluding tert-OH is 1. The number of fused-ring (bicyclic) bond motifs is 1. The van der Waals surface area contributed by atoms with Crippen LogP contribution in [-0.2, 0) is 25.7 Å². The van der Waals surface area contributed by atoms with Gasteiger partial charge in [-0.15, -0.1) is 0 Å². The molecule has 1 spiro atoms. The molecule has 2 bridgehead atoms. The third-order valence-corrected chi connectivity index (χ3v) is 9.12. The number of carbonyl (C=O) groups is 3. The number of hydrogen-bond acceptors (Lipinski definition) is 5. The monoisotopic (exact) mass is 547 g/mol. The van der Waals surface area contributed by atoms with Crippen molar-refractivity contribution < 1.29 is 24.2 Å². The Kier molecular flexibility index (Phi) is 6.94. The highest BCUT2D eigenvalue weighted by Crippen LogP contribution is 2.60. The molecule has 3 unspecified atom stereocenters. The first-order valence-corrected chi connectivity index (χ1v) is 13.7. The van der Waals surface area contributed by atoms with Gasteiger partial charge in [0, 0.05) is 17.4 Å². The Labute approximate surface area is 214 Å². The average molecular weight is 548 g/mol. The summed E-state index contributed by atoms with van der Waals surface area (Å²) in [6.07, 6.45) is 5.14. The zero-order valence-electron chi connectivity index (χ0n) is 20.0. The van der Waals surface area contributed by atoms with Crippen molar-refractivity contribution in [2.45, 2.75) is 86.7 Å². The molecule has 5 rings (SSSR count). The third-order valence-electron chi connectivity index (χ3n) is 8.28. The van der Waals surface area contributed by atoms with E-state index in [1.54, 1.807) is 6.92 Å². The molecule has 3 saturated heterocycles. The van der Waals surface area contributed by atoms with Crippen LogP contribution in [0.5, 0.6) is 0 Å². The third kappa shape index (κ3) is 4.19. The molecule has 0 radical (unpaired) electrons. The lowest BCUT2D eigenvalue weighted by atomic mass is 9.70. The maximum absolute atomic E-state index is 13.8. The summed E-state index contributed by atoms with van der Waals surface area (Å²) in [5, 5.41) is 16.1. The Morgan fingerprint density at radius 3 is 2.60 bits per heavy atom. The Morgan fingerprint density at radius 2 is 1.91 bits per heavy atom. The van der Waals surface area contributed by atoms with Crippen molar-refractivity contribution in [2.75, 3.05) is 6.61 Å². The normalized spacial score (nSPS) is 35.1. The van der Waals surface area contributed by atoms with Gasteiger partial charge in [0.15, 0.2) is 0 Å². The van der Waals surface area contributed by atoms with Gasteiger partial charge in [-0.2, -0.15) is 0 Å². The number of carbonyl (C=O) groups excluding carboxylic acids is 3. The topological polar surface area (TPSA) is 108 Å². The number of nitrogens with zero attached hydrogens (tertiary/aromatic N) is 1. The zero-order valence-corrected chi connectivity index (χ0v) is 21.6. The molecule has 3 aliphatic heterocycles. The van der Waals surface area contributed by atoms with E-state index in [-0.39, 0.29) is 35.2 Å². The fraction of sp³-hybridized carbons (Fsp3) is 0.654. The van der Waals surface area contributed by atoms with E-state index in [2.05, 4.69) is 26.6 Å². The lowest BCUT2D eigenvalue weighted by Gasteiger charge is -2.37. The second kappa shape index (κ2) is 9.82. The number of benzene rings is 1. The van der Waals surface area contributed by atoms with Crippen molar-refractivity contribution in [3.63, 3.8) is 0 Å². The largest absolute Gasteiger partial charge is 0.394 e. The van der Waals surface area contributed by atoms with Gasteiger partial charge in [0.2, 0.25) is 17.7 Å². The lowest BCUT2D eigenvalue weighted by Crippen LogP contribution is -2.59. The standard InChI is InChI=1S/C26H34BrN3O5/c1-15(14-31)30-22(24(33)29-17-10-6-3-7-11-17)26-12-18(27)21(35-26)19(20(26)25(30)34)23(32)28-13-16-8-4-2-5-9-16/h2,4-5,8-9,15,17-22,31H,3,6-7,10-14H2,1H3,(H,28,32)(H,29,33)/t15-,18?,19+,20+,21+,22?,26?/m1/s1. The number of ether oxygens (including phenoxy) is 1. The SMILES string of the molecule is C[C@H](CO)N1C(=O)[C@@H]2[C@H](C(=O)NCc3ccccc3)[C@H]3OC2(CC3Br)C1C(=O)NC1CCCCC1. The van der Waals surface area contributed by atoms with Gasteiger partial charge >= 0.3 is 0 Å². The summed E-state index contributed by atoms with van der Waals surface area (Å²) in [5.74, 6) is -2.22. The van der Waals surface area contributed by atoms with Crippen LogP contribution in [0.4, 0.5) is 0 Å². The first kappa shape index (κ1) is 24.7. The zero-order chi connectivity index (χ0) is 24.7. The van der Waals surface area contributed by atoms with E-state index in [0.29, 0.717) is 13.0 Å². The van der Waals surface area contributed by atoms with Crippen molar-refractivity contribution >= 4 is 33.7 Å². The Balaban J connectivity index is 1.43. The highest BCUT2D eigenvalue weighted by molar-refractivity contribution is 9.09. The molecule has 1 aromatic carbocycles. The van der Waals surface area contributed by atoms with Crippen molar-refractivity contribution in [1.29, 1.82) is 0 Å².